The van der Waals surface area contributed by atoms with E-state index in [1.807, 2.05) is 0 Å². The second-order valence-corrected chi connectivity index (χ2v) is 8.55. The van der Waals surface area contributed by atoms with Gasteiger partial charge in [-0.05, 0) is 24.8 Å². The van der Waals surface area contributed by atoms with Crippen LogP contribution in [0.2, 0.25) is 0 Å². The number of carboxylic acids is 1. The summed E-state index contributed by atoms with van der Waals surface area (Å²) in [5.41, 5.74) is -1.07. The lowest BCUT2D eigenvalue weighted by molar-refractivity contribution is -0.138. The Kier molecular flexibility index (Phi) is 15.6. The van der Waals surface area contributed by atoms with E-state index in [4.69, 9.17) is 9.84 Å². The number of Topliss-reactive ketones (excluding diaryl/α,β-unsaturated/α-hetero) is 1. The summed E-state index contributed by atoms with van der Waals surface area (Å²) in [6, 6.07) is 16.8. The van der Waals surface area contributed by atoms with Crippen LogP contribution in [0, 0.1) is 0 Å². The Morgan fingerprint density at radius 3 is 1.74 bits per heavy atom. The summed E-state index contributed by atoms with van der Waals surface area (Å²) in [5, 5.41) is 19.7. The molecule has 0 aromatic heterocycles. The van der Waals surface area contributed by atoms with Crippen LogP contribution in [0.15, 0.2) is 60.7 Å². The Balaban J connectivity index is 0.000000385. The fourth-order valence-corrected chi connectivity index (χ4v) is 3.58. The molecule has 1 unspecified atom stereocenters. The number of benzene rings is 2. The Hall–Kier alpha value is -2.50. The van der Waals surface area contributed by atoms with Crippen LogP contribution < -0.4 is 0 Å². The molecular weight excluding hydrogens is 428 g/mol. The van der Waals surface area contributed by atoms with Crippen LogP contribution in [0.1, 0.15) is 94.0 Å². The maximum Gasteiger partial charge on any atom is 0.303 e. The molecule has 2 aromatic carbocycles. The first kappa shape index (κ1) is 29.5. The molecule has 2 rings (SSSR count). The zero-order chi connectivity index (χ0) is 25.1. The van der Waals surface area contributed by atoms with Gasteiger partial charge in [-0.15, -0.1) is 0 Å². The van der Waals surface area contributed by atoms with E-state index >= 15 is 0 Å². The second kappa shape index (κ2) is 17.9. The maximum absolute atomic E-state index is 12.6. The zero-order valence-electron chi connectivity index (χ0n) is 20.9. The summed E-state index contributed by atoms with van der Waals surface area (Å²) in [5.74, 6) is -1.54. The van der Waals surface area contributed by atoms with Crippen molar-refractivity contribution in [3.05, 3.63) is 71.8 Å². The van der Waals surface area contributed by atoms with Crippen molar-refractivity contribution < 1.29 is 24.5 Å². The number of hydrogen-bond donors (Lipinski definition) is 2. The molecule has 0 spiro atoms. The molecule has 0 aliphatic heterocycles. The summed E-state index contributed by atoms with van der Waals surface area (Å²) in [4.78, 5) is 23.5. The minimum atomic E-state index is -1.83. The lowest BCUT2D eigenvalue weighted by atomic mass is 9.82. The highest BCUT2D eigenvalue weighted by Crippen LogP contribution is 2.30. The SMILES string of the molecule is CCCCCCOCCCCCC.O=C(O)CCC(O)(C(=O)c1ccccc1)c1ccccc1. The molecule has 2 N–H and O–H groups in total. The number of hydrogen-bond acceptors (Lipinski definition) is 4. The molecule has 5 nitrogen and oxygen atoms in total. The quantitative estimate of drug-likeness (QED) is 0.208. The maximum atomic E-state index is 12.6. The number of carbonyl (C=O) groups excluding carboxylic acids is 1. The highest BCUT2D eigenvalue weighted by molar-refractivity contribution is 6.03. The molecular formula is C29H42O5. The van der Waals surface area contributed by atoms with Crippen molar-refractivity contribution in [1.29, 1.82) is 0 Å². The minimum Gasteiger partial charge on any atom is -0.481 e. The third-order valence-electron chi connectivity index (χ3n) is 5.65. The molecule has 0 fully saturated rings. The predicted molar refractivity (Wildman–Crippen MR) is 137 cm³/mol. The normalized spacial score (nSPS) is 12.3. The van der Waals surface area contributed by atoms with Gasteiger partial charge in [0.1, 0.15) is 0 Å². The molecule has 0 aliphatic carbocycles. The molecule has 1 atom stereocenters. The third-order valence-corrected chi connectivity index (χ3v) is 5.65. The lowest BCUT2D eigenvalue weighted by Crippen LogP contribution is -2.36. The zero-order valence-corrected chi connectivity index (χ0v) is 20.9. The molecule has 0 aliphatic rings. The van der Waals surface area contributed by atoms with Crippen LogP contribution in [-0.4, -0.2) is 35.2 Å². The Morgan fingerprint density at radius 2 is 1.26 bits per heavy atom. The van der Waals surface area contributed by atoms with Crippen molar-refractivity contribution in [2.24, 2.45) is 0 Å². The third kappa shape index (κ3) is 11.6. The summed E-state index contributed by atoms with van der Waals surface area (Å²) >= 11 is 0. The first-order chi connectivity index (χ1) is 16.5. The highest BCUT2D eigenvalue weighted by atomic mass is 16.5. The Bertz CT molecular complexity index is 781. The monoisotopic (exact) mass is 470 g/mol. The van der Waals surface area contributed by atoms with E-state index in [1.165, 1.54) is 51.4 Å². The second-order valence-electron chi connectivity index (χ2n) is 8.55. The summed E-state index contributed by atoms with van der Waals surface area (Å²) < 4.78 is 5.53. The molecule has 34 heavy (non-hydrogen) atoms. The molecule has 2 aromatic rings. The molecule has 0 bridgehead atoms. The topological polar surface area (TPSA) is 83.8 Å². The molecule has 0 radical (unpaired) electrons. The predicted octanol–water partition coefficient (Wildman–Crippen LogP) is 6.79. The molecule has 0 amide bonds. The van der Waals surface area contributed by atoms with Crippen molar-refractivity contribution in [2.45, 2.75) is 83.7 Å². The van der Waals surface area contributed by atoms with Crippen molar-refractivity contribution in [3.8, 4) is 0 Å². The van der Waals surface area contributed by atoms with Crippen LogP contribution in [0.3, 0.4) is 0 Å². The minimum absolute atomic E-state index is 0.167. The van der Waals surface area contributed by atoms with E-state index in [2.05, 4.69) is 13.8 Å². The van der Waals surface area contributed by atoms with Crippen molar-refractivity contribution >= 4 is 11.8 Å². The van der Waals surface area contributed by atoms with E-state index in [0.717, 1.165) is 13.2 Å². The van der Waals surface area contributed by atoms with Crippen LogP contribution in [0.4, 0.5) is 0 Å². The number of ether oxygens (including phenoxy) is 1. The van der Waals surface area contributed by atoms with Gasteiger partial charge in [0.25, 0.3) is 0 Å². The molecule has 0 heterocycles. The largest absolute Gasteiger partial charge is 0.481 e. The number of carbonyl (C=O) groups is 2. The van der Waals surface area contributed by atoms with Crippen LogP contribution >= 0.6 is 0 Å². The average molecular weight is 471 g/mol. The van der Waals surface area contributed by atoms with E-state index < -0.39 is 17.4 Å². The summed E-state index contributed by atoms with van der Waals surface area (Å²) in [6.07, 6.45) is 10.1. The lowest BCUT2D eigenvalue weighted by Gasteiger charge is -2.27. The first-order valence-electron chi connectivity index (χ1n) is 12.6. The first-order valence-corrected chi connectivity index (χ1v) is 12.6. The van der Waals surface area contributed by atoms with Crippen LogP contribution in [0.25, 0.3) is 0 Å². The van der Waals surface area contributed by atoms with E-state index in [9.17, 15) is 14.7 Å². The highest BCUT2D eigenvalue weighted by Gasteiger charge is 2.38. The van der Waals surface area contributed by atoms with Gasteiger partial charge in [-0.3, -0.25) is 9.59 Å². The van der Waals surface area contributed by atoms with Gasteiger partial charge in [0.15, 0.2) is 11.4 Å². The van der Waals surface area contributed by atoms with Gasteiger partial charge in [0.05, 0.1) is 0 Å². The van der Waals surface area contributed by atoms with Crippen molar-refractivity contribution in [1.82, 2.24) is 0 Å². The summed E-state index contributed by atoms with van der Waals surface area (Å²) in [7, 11) is 0. The standard InChI is InChI=1S/C17H16O4.C12H26O/c18-15(19)11-12-17(21,14-9-5-2-6-10-14)16(20)13-7-3-1-4-8-13;1-3-5-7-9-11-13-12-10-8-6-4-2/h1-10,21H,11-12H2,(H,18,19);3-12H2,1-2H3. The number of unbranched alkanes of at least 4 members (excludes halogenated alkanes) is 6. The van der Waals surface area contributed by atoms with Crippen LogP contribution in [-0.2, 0) is 15.1 Å². The fraction of sp³-hybridized carbons (Fsp3) is 0.517. The summed E-state index contributed by atoms with van der Waals surface area (Å²) in [6.45, 7) is 6.44. The van der Waals surface area contributed by atoms with Gasteiger partial charge < -0.3 is 14.9 Å². The van der Waals surface area contributed by atoms with Gasteiger partial charge in [-0.25, -0.2) is 0 Å². The van der Waals surface area contributed by atoms with Crippen molar-refractivity contribution in [3.63, 3.8) is 0 Å². The number of ketones is 1. The van der Waals surface area contributed by atoms with Gasteiger partial charge in [-0.1, -0.05) is 113 Å². The number of carboxylic acid groups (broad SMARTS) is 1. The van der Waals surface area contributed by atoms with Gasteiger partial charge >= 0.3 is 5.97 Å². The molecule has 0 saturated heterocycles. The van der Waals surface area contributed by atoms with E-state index in [1.54, 1.807) is 60.7 Å². The smallest absolute Gasteiger partial charge is 0.303 e. The van der Waals surface area contributed by atoms with Gasteiger partial charge in [0.2, 0.25) is 0 Å². The number of aliphatic hydroxyl groups is 1. The van der Waals surface area contributed by atoms with Gasteiger partial charge in [0, 0.05) is 25.2 Å². The Labute approximate surface area is 205 Å². The molecule has 5 heteroatoms. The van der Waals surface area contributed by atoms with Gasteiger partial charge in [-0.2, -0.15) is 0 Å². The molecule has 0 saturated carbocycles. The average Bonchev–Trinajstić information content (AvgIpc) is 2.87. The Morgan fingerprint density at radius 1 is 0.765 bits per heavy atom. The molecule has 188 valence electrons. The van der Waals surface area contributed by atoms with E-state index in [-0.39, 0.29) is 12.8 Å². The van der Waals surface area contributed by atoms with E-state index in [0.29, 0.717) is 11.1 Å². The number of rotatable bonds is 16. The number of aliphatic carboxylic acids is 1. The van der Waals surface area contributed by atoms with Crippen LogP contribution in [0.5, 0.6) is 0 Å². The van der Waals surface area contributed by atoms with Crippen molar-refractivity contribution in [2.75, 3.05) is 13.2 Å². The fourth-order valence-electron chi connectivity index (χ4n) is 3.58.